The van der Waals surface area contributed by atoms with Crippen molar-refractivity contribution in [1.29, 1.82) is 0 Å². The highest BCUT2D eigenvalue weighted by Gasteiger charge is 2.31. The summed E-state index contributed by atoms with van der Waals surface area (Å²) in [6.45, 7) is 10.1. The number of carbonyl (C=O) groups is 2. The molecule has 2 aliphatic heterocycles. The maximum Gasteiger partial charge on any atom is 0.329 e. The maximum atomic E-state index is 12.2. The Morgan fingerprint density at radius 2 is 1.68 bits per heavy atom. The number of imide groups is 1. The molecule has 0 atom stereocenters. The summed E-state index contributed by atoms with van der Waals surface area (Å²) in [6, 6.07) is 10.9. The molecule has 6 nitrogen and oxygen atoms in total. The summed E-state index contributed by atoms with van der Waals surface area (Å²) in [5.41, 5.74) is 3.92. The molecule has 2 aromatic carbocycles. The van der Waals surface area contributed by atoms with Gasteiger partial charge in [0.05, 0.1) is 11.4 Å². The quantitative estimate of drug-likeness (QED) is 0.810. The number of anilines is 2. The monoisotopic (exact) mass is 396 g/mol. The van der Waals surface area contributed by atoms with Gasteiger partial charge in [0.2, 0.25) is 5.91 Å². The minimum Gasteiger partial charge on any atom is -0.368 e. The second-order valence-electron chi connectivity index (χ2n) is 7.13. The van der Waals surface area contributed by atoms with E-state index in [0.717, 1.165) is 43.0 Å². The fourth-order valence-electron chi connectivity index (χ4n) is 3.70. The Morgan fingerprint density at radius 1 is 1.00 bits per heavy atom. The molecule has 0 aliphatic carbocycles. The van der Waals surface area contributed by atoms with Crippen LogP contribution >= 0.6 is 11.6 Å². The van der Waals surface area contributed by atoms with Crippen LogP contribution in [0, 0.1) is 6.92 Å². The molecule has 0 spiro atoms. The Hall–Kier alpha value is -2.57. The average Bonchev–Trinajstić information content (AvgIpc) is 3.01. The molecule has 2 fully saturated rings. The van der Waals surface area contributed by atoms with Gasteiger partial charge in [-0.05, 0) is 30.8 Å². The first-order valence-corrected chi connectivity index (χ1v) is 9.55. The molecule has 2 radical (unpaired) electrons. The average molecular weight is 397 g/mol. The Morgan fingerprint density at radius 3 is 2.29 bits per heavy atom. The van der Waals surface area contributed by atoms with Crippen LogP contribution in [0.15, 0.2) is 36.4 Å². The molecule has 2 saturated heterocycles. The standard InChI is InChI=1S/C21H21ClN4O2/c1-14-18(26-13-19(27)23-21(26)28)8-7-17(15-3-5-16(22)6-4-15)20(14)25-11-9-24(2)10-12-25/h1,3-8H,9-13H2,2H3,(H,23,27,28). The molecule has 2 aliphatic rings. The number of carbonyl (C=O) groups excluding carboxylic acids is 2. The van der Waals surface area contributed by atoms with Crippen LogP contribution in [0.4, 0.5) is 16.2 Å². The molecule has 0 bridgehead atoms. The number of nitrogens with one attached hydrogen (secondary N) is 1. The minimum atomic E-state index is -0.444. The van der Waals surface area contributed by atoms with E-state index in [1.807, 2.05) is 30.3 Å². The highest BCUT2D eigenvalue weighted by Crippen LogP contribution is 2.40. The first-order chi connectivity index (χ1) is 13.4. The van der Waals surface area contributed by atoms with Gasteiger partial charge in [0.1, 0.15) is 6.54 Å². The van der Waals surface area contributed by atoms with Gasteiger partial charge in [-0.15, -0.1) is 0 Å². The third-order valence-corrected chi connectivity index (χ3v) is 5.50. The summed E-state index contributed by atoms with van der Waals surface area (Å²) in [4.78, 5) is 29.7. The van der Waals surface area contributed by atoms with E-state index in [-0.39, 0.29) is 12.5 Å². The molecule has 28 heavy (non-hydrogen) atoms. The van der Waals surface area contributed by atoms with Crippen LogP contribution < -0.4 is 15.1 Å². The van der Waals surface area contributed by atoms with Crippen LogP contribution in [0.1, 0.15) is 5.56 Å². The zero-order valence-corrected chi connectivity index (χ0v) is 16.4. The van der Waals surface area contributed by atoms with E-state index in [0.29, 0.717) is 16.3 Å². The predicted octanol–water partition coefficient (Wildman–Crippen LogP) is 2.87. The molecule has 0 saturated carbocycles. The number of urea groups is 1. The van der Waals surface area contributed by atoms with Crippen LogP contribution in [0.3, 0.4) is 0 Å². The van der Waals surface area contributed by atoms with E-state index in [1.54, 1.807) is 6.07 Å². The number of likely N-dealkylation sites (N-methyl/N-ethyl adjacent to an activating group) is 1. The van der Waals surface area contributed by atoms with Crippen LogP contribution in [0.25, 0.3) is 11.1 Å². The lowest BCUT2D eigenvalue weighted by atomic mass is 9.97. The number of nitrogens with zero attached hydrogens (tertiary/aromatic N) is 3. The lowest BCUT2D eigenvalue weighted by Crippen LogP contribution is -2.45. The van der Waals surface area contributed by atoms with Gasteiger partial charge in [-0.1, -0.05) is 29.8 Å². The molecule has 3 amide bonds. The second-order valence-corrected chi connectivity index (χ2v) is 7.57. The van der Waals surface area contributed by atoms with E-state index >= 15 is 0 Å². The molecule has 7 heteroatoms. The van der Waals surface area contributed by atoms with E-state index in [1.165, 1.54) is 4.90 Å². The Bertz CT molecular complexity index is 921. The molecular weight excluding hydrogens is 376 g/mol. The second kappa shape index (κ2) is 7.45. The SMILES string of the molecule is [CH]c1c(N2CC(=O)NC2=O)ccc(-c2ccc(Cl)cc2)c1N1CCN(C)CC1. The van der Waals surface area contributed by atoms with E-state index in [4.69, 9.17) is 18.5 Å². The molecule has 0 unspecified atom stereocenters. The molecule has 4 rings (SSSR count). The van der Waals surface area contributed by atoms with Gasteiger partial charge in [0, 0.05) is 49.3 Å². The molecule has 0 aromatic heterocycles. The predicted molar refractivity (Wildman–Crippen MR) is 111 cm³/mol. The van der Waals surface area contributed by atoms with Crippen molar-refractivity contribution < 1.29 is 9.59 Å². The highest BCUT2D eigenvalue weighted by molar-refractivity contribution is 6.30. The number of benzene rings is 2. The van der Waals surface area contributed by atoms with Crippen molar-refractivity contribution >= 4 is 34.9 Å². The Kier molecular flexibility index (Phi) is 5.00. The summed E-state index contributed by atoms with van der Waals surface area (Å²) in [5, 5.41) is 2.98. The first kappa shape index (κ1) is 18.8. The maximum absolute atomic E-state index is 12.2. The van der Waals surface area contributed by atoms with E-state index in [9.17, 15) is 9.59 Å². The molecule has 144 valence electrons. The van der Waals surface area contributed by atoms with Crippen molar-refractivity contribution in [3.05, 3.63) is 53.9 Å². The fraction of sp³-hybridized carbons (Fsp3) is 0.286. The van der Waals surface area contributed by atoms with Crippen molar-refractivity contribution in [3.8, 4) is 11.1 Å². The number of halogens is 1. The summed E-state index contributed by atoms with van der Waals surface area (Å²) >= 11 is 6.05. The summed E-state index contributed by atoms with van der Waals surface area (Å²) in [6.07, 6.45) is 0. The molecule has 1 N–H and O–H groups in total. The number of hydrogen-bond acceptors (Lipinski definition) is 4. The number of hydrogen-bond donors (Lipinski definition) is 1. The fourth-order valence-corrected chi connectivity index (χ4v) is 3.83. The largest absolute Gasteiger partial charge is 0.368 e. The first-order valence-electron chi connectivity index (χ1n) is 9.17. The lowest BCUT2D eigenvalue weighted by Gasteiger charge is -2.37. The van der Waals surface area contributed by atoms with Gasteiger partial charge >= 0.3 is 6.03 Å². The minimum absolute atomic E-state index is 0.0223. The van der Waals surface area contributed by atoms with Crippen molar-refractivity contribution in [2.24, 2.45) is 0 Å². The van der Waals surface area contributed by atoms with Gasteiger partial charge in [0.25, 0.3) is 0 Å². The topological polar surface area (TPSA) is 55.9 Å². The van der Waals surface area contributed by atoms with Crippen molar-refractivity contribution in [2.45, 2.75) is 0 Å². The van der Waals surface area contributed by atoms with E-state index < -0.39 is 6.03 Å². The van der Waals surface area contributed by atoms with Crippen LogP contribution in [-0.2, 0) is 4.79 Å². The number of piperazine rings is 1. The normalized spacial score (nSPS) is 18.0. The van der Waals surface area contributed by atoms with Crippen molar-refractivity contribution in [2.75, 3.05) is 49.6 Å². The van der Waals surface area contributed by atoms with Gasteiger partial charge in [-0.3, -0.25) is 15.0 Å². The third-order valence-electron chi connectivity index (χ3n) is 5.25. The Balaban J connectivity index is 1.82. The number of rotatable bonds is 3. The van der Waals surface area contributed by atoms with Gasteiger partial charge in [-0.25, -0.2) is 4.79 Å². The number of amides is 3. The van der Waals surface area contributed by atoms with Gasteiger partial charge in [0.15, 0.2) is 0 Å². The van der Waals surface area contributed by atoms with Crippen LogP contribution in [0.5, 0.6) is 0 Å². The molecular formula is C21H21ClN4O2. The highest BCUT2D eigenvalue weighted by atomic mass is 35.5. The summed E-state index contributed by atoms with van der Waals surface area (Å²) in [7, 11) is 2.09. The van der Waals surface area contributed by atoms with Gasteiger partial charge < -0.3 is 9.80 Å². The molecule has 2 heterocycles. The third kappa shape index (κ3) is 3.45. The van der Waals surface area contributed by atoms with Crippen molar-refractivity contribution in [3.63, 3.8) is 0 Å². The molecule has 2 aromatic rings. The van der Waals surface area contributed by atoms with Gasteiger partial charge in [-0.2, -0.15) is 0 Å². The smallest absolute Gasteiger partial charge is 0.329 e. The van der Waals surface area contributed by atoms with Crippen LogP contribution in [0.2, 0.25) is 5.02 Å². The summed E-state index contributed by atoms with van der Waals surface area (Å²) < 4.78 is 0. The zero-order chi connectivity index (χ0) is 19.8. The zero-order valence-electron chi connectivity index (χ0n) is 15.6. The summed E-state index contributed by atoms with van der Waals surface area (Å²) in [5.74, 6) is -0.327. The Labute approximate surface area is 169 Å². The lowest BCUT2D eigenvalue weighted by molar-refractivity contribution is -0.117. The van der Waals surface area contributed by atoms with E-state index in [2.05, 4.69) is 22.2 Å². The van der Waals surface area contributed by atoms with Crippen molar-refractivity contribution in [1.82, 2.24) is 10.2 Å². The van der Waals surface area contributed by atoms with Crippen LogP contribution in [-0.4, -0.2) is 56.6 Å².